The van der Waals surface area contributed by atoms with E-state index in [-0.39, 0.29) is 23.3 Å². The molecule has 5 heterocycles. The van der Waals surface area contributed by atoms with Gasteiger partial charge in [-0.1, -0.05) is 11.6 Å². The highest BCUT2D eigenvalue weighted by atomic mass is 35.5. The van der Waals surface area contributed by atoms with E-state index in [1.165, 1.54) is 12.1 Å². The molecule has 10 heteroatoms. The molecule has 0 radical (unpaired) electrons. The lowest BCUT2D eigenvalue weighted by Crippen LogP contribution is -2.45. The Morgan fingerprint density at radius 3 is 2.79 bits per heavy atom. The summed E-state index contributed by atoms with van der Waals surface area (Å²) in [5.74, 6) is 0.318. The number of hydrogen-bond donors (Lipinski definition) is 2. The molecule has 3 aliphatic heterocycles. The fourth-order valence-corrected chi connectivity index (χ4v) is 5.41. The van der Waals surface area contributed by atoms with Crippen molar-refractivity contribution in [2.45, 2.75) is 37.8 Å². The number of fused-ring (bicyclic) bond motifs is 4. The molecule has 0 spiro atoms. The van der Waals surface area contributed by atoms with Crippen LogP contribution in [0, 0.1) is 5.82 Å². The summed E-state index contributed by atoms with van der Waals surface area (Å²) in [6, 6.07) is 7.37. The van der Waals surface area contributed by atoms with Crippen molar-refractivity contribution in [3.63, 3.8) is 0 Å². The van der Waals surface area contributed by atoms with Gasteiger partial charge in [-0.2, -0.15) is 5.10 Å². The molecule has 2 N–H and O–H groups in total. The highest BCUT2D eigenvalue weighted by Gasteiger charge is 2.44. The predicted octanol–water partition coefficient (Wildman–Crippen LogP) is 4.13. The molecule has 1 aromatic carbocycles. The van der Waals surface area contributed by atoms with Crippen LogP contribution in [0.1, 0.15) is 36.6 Å². The molecule has 2 atom stereocenters. The summed E-state index contributed by atoms with van der Waals surface area (Å²) in [6.07, 6.45) is 4.94. The van der Waals surface area contributed by atoms with Gasteiger partial charge in [0.1, 0.15) is 11.6 Å². The number of benzene rings is 1. The van der Waals surface area contributed by atoms with Crippen LogP contribution in [0.15, 0.2) is 41.3 Å². The van der Waals surface area contributed by atoms with Crippen molar-refractivity contribution in [2.24, 2.45) is 0 Å². The Labute approximate surface area is 199 Å². The standard InChI is InChI=1S/C24H22ClFN6O2/c25-17-11-19(18(26)10-16(17)13-2-5-21(27-12-13)31-6-1-7-31)28-24(34)32-15-3-4-20(32)23-14(8-15)9-22(33)29-30-23/h2,5,9-12,15,20H,1,3-4,6-8H2,(H,28,34)(H,29,33)/t15-,20?/m0/s1. The summed E-state index contributed by atoms with van der Waals surface area (Å²) >= 11 is 6.48. The molecular weight excluding hydrogens is 459 g/mol. The van der Waals surface area contributed by atoms with Crippen molar-refractivity contribution in [1.29, 1.82) is 0 Å². The van der Waals surface area contributed by atoms with Crippen LogP contribution in [0.4, 0.5) is 20.7 Å². The van der Waals surface area contributed by atoms with E-state index in [0.29, 0.717) is 28.3 Å². The number of amides is 2. The highest BCUT2D eigenvalue weighted by molar-refractivity contribution is 6.33. The van der Waals surface area contributed by atoms with E-state index in [2.05, 4.69) is 25.4 Å². The average Bonchev–Trinajstić information content (AvgIpc) is 3.10. The molecule has 2 bridgehead atoms. The van der Waals surface area contributed by atoms with Gasteiger partial charge in [-0.15, -0.1) is 0 Å². The summed E-state index contributed by atoms with van der Waals surface area (Å²) in [6.45, 7) is 1.99. The van der Waals surface area contributed by atoms with Crippen molar-refractivity contribution in [2.75, 3.05) is 23.3 Å². The number of anilines is 2. The van der Waals surface area contributed by atoms with Crippen molar-refractivity contribution in [3.05, 3.63) is 69.0 Å². The summed E-state index contributed by atoms with van der Waals surface area (Å²) < 4.78 is 15.0. The van der Waals surface area contributed by atoms with Gasteiger partial charge in [0.15, 0.2) is 0 Å². The van der Waals surface area contributed by atoms with Crippen LogP contribution in [-0.2, 0) is 6.42 Å². The SMILES string of the molecule is O=C(Nc1cc(Cl)c(-c2ccc(N3CCC3)nc2)cc1F)N1C2CC[C@H]1Cc1cc(=O)[nH]nc12. The number of aromatic amines is 1. The highest BCUT2D eigenvalue weighted by Crippen LogP contribution is 2.42. The molecule has 2 saturated heterocycles. The third-order valence-electron chi connectivity index (χ3n) is 6.97. The molecule has 6 rings (SSSR count). The largest absolute Gasteiger partial charge is 0.356 e. The van der Waals surface area contributed by atoms with E-state index >= 15 is 4.39 Å². The lowest BCUT2D eigenvalue weighted by Gasteiger charge is -2.35. The minimum atomic E-state index is -0.577. The van der Waals surface area contributed by atoms with E-state index in [4.69, 9.17) is 11.6 Å². The molecule has 2 amide bonds. The summed E-state index contributed by atoms with van der Waals surface area (Å²) in [7, 11) is 0. The zero-order valence-electron chi connectivity index (χ0n) is 18.2. The number of nitrogens with zero attached hydrogens (tertiary/aromatic N) is 4. The van der Waals surface area contributed by atoms with Crippen LogP contribution in [0.2, 0.25) is 5.02 Å². The number of rotatable bonds is 3. The topological polar surface area (TPSA) is 94.2 Å². The number of halogens is 2. The van der Waals surface area contributed by atoms with Crippen LogP contribution in [0.25, 0.3) is 11.1 Å². The monoisotopic (exact) mass is 480 g/mol. The minimum Gasteiger partial charge on any atom is -0.356 e. The Morgan fingerprint density at radius 2 is 2.06 bits per heavy atom. The van der Waals surface area contributed by atoms with Crippen molar-refractivity contribution >= 4 is 29.1 Å². The van der Waals surface area contributed by atoms with Gasteiger partial charge in [0, 0.05) is 42.5 Å². The smallest absolute Gasteiger partial charge is 0.322 e. The zero-order valence-corrected chi connectivity index (χ0v) is 19.0. The Hall–Kier alpha value is -3.46. The zero-order chi connectivity index (χ0) is 23.4. The Balaban J connectivity index is 1.23. The van der Waals surface area contributed by atoms with Crippen molar-refractivity contribution < 1.29 is 9.18 Å². The minimum absolute atomic E-state index is 0.0172. The first-order valence-electron chi connectivity index (χ1n) is 11.4. The molecule has 1 unspecified atom stereocenters. The number of urea groups is 1. The maximum atomic E-state index is 15.0. The first-order chi connectivity index (χ1) is 16.5. The van der Waals surface area contributed by atoms with Crippen LogP contribution < -0.4 is 15.8 Å². The summed E-state index contributed by atoms with van der Waals surface area (Å²) in [4.78, 5) is 33.1. The number of hydrogen-bond acceptors (Lipinski definition) is 5. The van der Waals surface area contributed by atoms with E-state index in [9.17, 15) is 9.59 Å². The van der Waals surface area contributed by atoms with Gasteiger partial charge >= 0.3 is 6.03 Å². The fourth-order valence-electron chi connectivity index (χ4n) is 5.14. The van der Waals surface area contributed by atoms with Gasteiger partial charge in [-0.25, -0.2) is 19.3 Å². The lowest BCUT2D eigenvalue weighted by molar-refractivity contribution is 0.177. The van der Waals surface area contributed by atoms with Gasteiger partial charge < -0.3 is 15.1 Å². The fraction of sp³-hybridized carbons (Fsp3) is 0.333. The second-order valence-corrected chi connectivity index (χ2v) is 9.40. The second-order valence-electron chi connectivity index (χ2n) is 8.99. The molecule has 0 aliphatic carbocycles. The van der Waals surface area contributed by atoms with E-state index in [0.717, 1.165) is 43.7 Å². The normalized spacial score (nSPS) is 20.6. The third kappa shape index (κ3) is 3.51. The Morgan fingerprint density at radius 1 is 1.21 bits per heavy atom. The molecular formula is C24H22ClFN6O2. The molecule has 8 nitrogen and oxygen atoms in total. The van der Waals surface area contributed by atoms with Crippen molar-refractivity contribution in [3.8, 4) is 11.1 Å². The van der Waals surface area contributed by atoms with E-state index < -0.39 is 11.8 Å². The quantitative estimate of drug-likeness (QED) is 0.588. The van der Waals surface area contributed by atoms with Gasteiger partial charge in [-0.05, 0) is 55.5 Å². The number of carbonyl (C=O) groups excluding carboxylic acids is 1. The van der Waals surface area contributed by atoms with Crippen LogP contribution in [0.5, 0.6) is 0 Å². The number of aromatic nitrogens is 3. The number of pyridine rings is 1. The Kier molecular flexibility index (Phi) is 5.02. The molecule has 3 aliphatic rings. The summed E-state index contributed by atoms with van der Waals surface area (Å²) in [5, 5.41) is 9.64. The molecule has 174 valence electrons. The van der Waals surface area contributed by atoms with Crippen LogP contribution in [0.3, 0.4) is 0 Å². The van der Waals surface area contributed by atoms with Gasteiger partial charge in [-0.3, -0.25) is 4.79 Å². The third-order valence-corrected chi connectivity index (χ3v) is 7.28. The molecule has 0 saturated carbocycles. The number of H-pyrrole nitrogens is 1. The molecule has 2 fully saturated rings. The van der Waals surface area contributed by atoms with E-state index in [1.54, 1.807) is 17.2 Å². The summed E-state index contributed by atoms with van der Waals surface area (Å²) in [5.41, 5.74) is 2.55. The predicted molar refractivity (Wildman–Crippen MR) is 127 cm³/mol. The number of nitrogens with one attached hydrogen (secondary N) is 2. The van der Waals surface area contributed by atoms with E-state index in [1.807, 2.05) is 12.1 Å². The van der Waals surface area contributed by atoms with Crippen molar-refractivity contribution in [1.82, 2.24) is 20.1 Å². The van der Waals surface area contributed by atoms with Gasteiger partial charge in [0.2, 0.25) is 0 Å². The van der Waals surface area contributed by atoms with Gasteiger partial charge in [0.05, 0.1) is 22.4 Å². The molecule has 34 heavy (non-hydrogen) atoms. The average molecular weight is 481 g/mol. The van der Waals surface area contributed by atoms with Crippen LogP contribution in [-0.4, -0.2) is 45.2 Å². The maximum Gasteiger partial charge on any atom is 0.322 e. The first-order valence-corrected chi connectivity index (χ1v) is 11.7. The van der Waals surface area contributed by atoms with Gasteiger partial charge in [0.25, 0.3) is 5.56 Å². The lowest BCUT2D eigenvalue weighted by atomic mass is 9.99. The molecule has 2 aromatic heterocycles. The second kappa shape index (κ2) is 8.09. The number of carbonyl (C=O) groups is 1. The maximum absolute atomic E-state index is 15.0. The first kappa shape index (κ1) is 21.1. The van der Waals surface area contributed by atoms with Crippen LogP contribution >= 0.6 is 11.6 Å². The molecule has 3 aromatic rings. The Bertz CT molecular complexity index is 1340.